The third kappa shape index (κ3) is 4.26. The number of nitrogens with zero attached hydrogens (tertiary/aromatic N) is 4. The van der Waals surface area contributed by atoms with Gasteiger partial charge in [-0.15, -0.1) is 0 Å². The number of hydrogen-bond donors (Lipinski definition) is 0. The van der Waals surface area contributed by atoms with Crippen molar-refractivity contribution in [1.82, 2.24) is 14.5 Å². The van der Waals surface area contributed by atoms with Gasteiger partial charge in [-0.25, -0.2) is 14.2 Å². The average Bonchev–Trinajstić information content (AvgIpc) is 3.09. The zero-order valence-corrected chi connectivity index (χ0v) is 18.8. The Labute approximate surface area is 204 Å². The lowest BCUT2D eigenvalue weighted by atomic mass is 9.49. The molecule has 2 aromatic carbocycles. The Morgan fingerprint density at radius 3 is 2.66 bits per heavy atom. The smallest absolute Gasteiger partial charge is 0.348 e. The molecular formula is C24H16B3FN4O3. The molecule has 5 rings (SSSR count). The van der Waals surface area contributed by atoms with E-state index in [2.05, 4.69) is 21.8 Å². The number of ether oxygens (including phenoxy) is 1. The van der Waals surface area contributed by atoms with Gasteiger partial charge in [0.05, 0.1) is 47.7 Å². The number of aromatic nitrogens is 3. The van der Waals surface area contributed by atoms with Crippen molar-refractivity contribution in [2.24, 2.45) is 0 Å². The fourth-order valence-corrected chi connectivity index (χ4v) is 4.11. The minimum absolute atomic E-state index is 0.0558. The fraction of sp³-hybridized carbons (Fsp3) is 0.208. The van der Waals surface area contributed by atoms with Gasteiger partial charge >= 0.3 is 5.69 Å². The summed E-state index contributed by atoms with van der Waals surface area (Å²) in [5.74, 6) is 6.10. The molecule has 4 aromatic rings. The quantitative estimate of drug-likeness (QED) is 0.337. The second kappa shape index (κ2) is 8.79. The summed E-state index contributed by atoms with van der Waals surface area (Å²) in [6.07, 6.45) is 1.48. The highest BCUT2D eigenvalue weighted by Crippen LogP contribution is 2.36. The maximum absolute atomic E-state index is 15.2. The topological polar surface area (TPSA) is 73.4 Å². The van der Waals surface area contributed by atoms with Crippen LogP contribution >= 0.6 is 0 Å². The van der Waals surface area contributed by atoms with Crippen LogP contribution in [0.4, 0.5) is 15.9 Å². The Hall–Kier alpha value is -3.77. The van der Waals surface area contributed by atoms with E-state index in [9.17, 15) is 4.79 Å². The molecule has 0 aliphatic carbocycles. The molecule has 6 radical (unpaired) electrons. The monoisotopic (exact) mass is 460 g/mol. The van der Waals surface area contributed by atoms with Crippen LogP contribution < -0.4 is 10.6 Å². The van der Waals surface area contributed by atoms with Gasteiger partial charge in [-0.1, -0.05) is 23.3 Å². The van der Waals surface area contributed by atoms with Crippen LogP contribution in [-0.4, -0.2) is 51.2 Å². The fourth-order valence-electron chi connectivity index (χ4n) is 4.11. The molecule has 11 heteroatoms. The normalized spacial score (nSPS) is 13.7. The molecule has 7 nitrogen and oxygen atoms in total. The minimum Gasteiger partial charge on any atom is -0.448 e. The summed E-state index contributed by atoms with van der Waals surface area (Å²) in [7, 11) is 17.4. The molecule has 0 atom stereocenters. The van der Waals surface area contributed by atoms with Gasteiger partial charge in [-0.05, 0) is 30.2 Å². The highest BCUT2D eigenvalue weighted by molar-refractivity contribution is 6.56. The van der Waals surface area contributed by atoms with Gasteiger partial charge in [0, 0.05) is 30.3 Å². The number of fused-ring (bicyclic) bond motifs is 2. The van der Waals surface area contributed by atoms with E-state index in [-0.39, 0.29) is 23.3 Å². The standard InChI is InChI=1S/C24H16B3FN4O3/c1-14-29-16(12-35-14)9-8-15-4-2-6-19-17(15)13-34-11-10-31(19)22-21-18(28)5-3-7-20(21)32(23(33)30-22)24(25,26)27/h2-7,12H,10-11,13H2,1H3. The summed E-state index contributed by atoms with van der Waals surface area (Å²) in [5.41, 5.74) is 1.95. The maximum Gasteiger partial charge on any atom is 0.348 e. The Morgan fingerprint density at radius 2 is 1.91 bits per heavy atom. The first kappa shape index (κ1) is 23.0. The van der Waals surface area contributed by atoms with Crippen molar-refractivity contribution in [2.45, 2.75) is 18.8 Å². The lowest BCUT2D eigenvalue weighted by Crippen LogP contribution is -2.44. The molecule has 3 heterocycles. The number of aryl methyl sites for hydroxylation is 1. The summed E-state index contributed by atoms with van der Waals surface area (Å²) in [4.78, 5) is 23.1. The van der Waals surface area contributed by atoms with Gasteiger partial charge in [-0.3, -0.25) is 0 Å². The summed E-state index contributed by atoms with van der Waals surface area (Å²) in [6, 6.07) is 9.74. The Morgan fingerprint density at radius 1 is 1.11 bits per heavy atom. The van der Waals surface area contributed by atoms with E-state index in [0.717, 1.165) is 10.1 Å². The molecule has 0 bridgehead atoms. The molecular weight excluding hydrogens is 444 g/mol. The molecule has 0 amide bonds. The van der Waals surface area contributed by atoms with Crippen molar-refractivity contribution in [2.75, 3.05) is 18.1 Å². The van der Waals surface area contributed by atoms with E-state index in [1.165, 1.54) is 24.5 Å². The molecule has 0 saturated heterocycles. The van der Waals surface area contributed by atoms with Crippen molar-refractivity contribution in [3.8, 4) is 11.8 Å². The molecule has 2 aromatic heterocycles. The molecule has 0 spiro atoms. The highest BCUT2D eigenvalue weighted by Gasteiger charge is 2.27. The maximum atomic E-state index is 15.2. The largest absolute Gasteiger partial charge is 0.448 e. The number of anilines is 2. The van der Waals surface area contributed by atoms with Crippen LogP contribution in [0.15, 0.2) is 51.9 Å². The molecule has 35 heavy (non-hydrogen) atoms. The lowest BCUT2D eigenvalue weighted by molar-refractivity contribution is 0.133. The number of oxazole rings is 1. The van der Waals surface area contributed by atoms with Gasteiger partial charge in [0.1, 0.15) is 12.1 Å². The van der Waals surface area contributed by atoms with E-state index < -0.39 is 16.7 Å². The predicted molar refractivity (Wildman–Crippen MR) is 132 cm³/mol. The van der Waals surface area contributed by atoms with Crippen LogP contribution in [0.25, 0.3) is 10.9 Å². The van der Waals surface area contributed by atoms with Gasteiger partial charge < -0.3 is 18.6 Å². The first-order valence-corrected chi connectivity index (χ1v) is 10.7. The van der Waals surface area contributed by atoms with Crippen LogP contribution in [0.1, 0.15) is 22.7 Å². The molecule has 0 fully saturated rings. The van der Waals surface area contributed by atoms with Crippen LogP contribution in [0.2, 0.25) is 0 Å². The van der Waals surface area contributed by atoms with E-state index in [0.29, 0.717) is 36.0 Å². The molecule has 0 unspecified atom stereocenters. The molecule has 0 N–H and O–H groups in total. The predicted octanol–water partition coefficient (Wildman–Crippen LogP) is 1.97. The molecule has 1 aliphatic rings. The van der Waals surface area contributed by atoms with Crippen LogP contribution in [-0.2, 0) is 16.6 Å². The van der Waals surface area contributed by atoms with Crippen molar-refractivity contribution in [3.63, 3.8) is 0 Å². The van der Waals surface area contributed by atoms with E-state index in [4.69, 9.17) is 32.7 Å². The summed E-state index contributed by atoms with van der Waals surface area (Å²) in [5, 5.41) is -2.02. The third-order valence-corrected chi connectivity index (χ3v) is 5.58. The summed E-state index contributed by atoms with van der Waals surface area (Å²) < 4.78 is 27.1. The second-order valence-electron chi connectivity index (χ2n) is 8.08. The molecule has 166 valence electrons. The summed E-state index contributed by atoms with van der Waals surface area (Å²) in [6.45, 7) is 2.62. The van der Waals surface area contributed by atoms with Crippen molar-refractivity contribution < 1.29 is 13.5 Å². The number of halogens is 1. The van der Waals surface area contributed by atoms with E-state index in [1.54, 1.807) is 11.8 Å². The zero-order valence-electron chi connectivity index (χ0n) is 18.8. The minimum atomic E-state index is -2.07. The lowest BCUT2D eigenvalue weighted by Gasteiger charge is -2.29. The molecule has 0 saturated carbocycles. The van der Waals surface area contributed by atoms with Crippen LogP contribution in [0, 0.1) is 24.6 Å². The van der Waals surface area contributed by atoms with Crippen LogP contribution in [0.3, 0.4) is 0 Å². The Bertz CT molecular complexity index is 1570. The number of rotatable bonds is 2. The van der Waals surface area contributed by atoms with Crippen molar-refractivity contribution in [1.29, 1.82) is 0 Å². The van der Waals surface area contributed by atoms with Crippen LogP contribution in [0.5, 0.6) is 0 Å². The average molecular weight is 460 g/mol. The van der Waals surface area contributed by atoms with Gasteiger partial charge in [0.15, 0.2) is 17.4 Å². The summed E-state index contributed by atoms with van der Waals surface area (Å²) >= 11 is 0. The van der Waals surface area contributed by atoms with Crippen molar-refractivity contribution >= 4 is 45.9 Å². The zero-order chi connectivity index (χ0) is 24.7. The first-order chi connectivity index (χ1) is 16.7. The Balaban J connectivity index is 1.72. The van der Waals surface area contributed by atoms with Crippen molar-refractivity contribution in [3.05, 3.63) is 81.7 Å². The molecule has 1 aliphatic heterocycles. The number of hydrogen-bond acceptors (Lipinski definition) is 6. The third-order valence-electron chi connectivity index (χ3n) is 5.58. The highest BCUT2D eigenvalue weighted by atomic mass is 19.1. The SMILES string of the molecule is [B]C([B])([B])n1c(=O)nc(N2CCOCc3c(C#Cc4coc(C)n4)cccc32)c2c(F)cccc21. The first-order valence-electron chi connectivity index (χ1n) is 10.7. The Kier molecular flexibility index (Phi) is 5.77. The van der Waals surface area contributed by atoms with E-state index >= 15 is 4.39 Å². The second-order valence-corrected chi connectivity index (χ2v) is 8.08. The van der Waals surface area contributed by atoms with Gasteiger partial charge in [0.25, 0.3) is 0 Å². The van der Waals surface area contributed by atoms with Gasteiger partial charge in [-0.2, -0.15) is 4.98 Å². The van der Waals surface area contributed by atoms with E-state index in [1.807, 2.05) is 18.2 Å². The van der Waals surface area contributed by atoms with Gasteiger partial charge in [0.2, 0.25) is 0 Å². The number of benzene rings is 2.